The maximum Gasteiger partial charge on any atom is 0.240 e. The summed E-state index contributed by atoms with van der Waals surface area (Å²) in [7, 11) is 0. The number of hydrogen-bond acceptors (Lipinski definition) is 3. The van der Waals surface area contributed by atoms with Gasteiger partial charge in [-0.15, -0.1) is 0 Å². The minimum Gasteiger partial charge on any atom is -0.338 e. The maximum absolute atomic E-state index is 13.0. The lowest BCUT2D eigenvalue weighted by Gasteiger charge is -2.00. The third-order valence-electron chi connectivity index (χ3n) is 2.50. The molecule has 3 nitrogen and oxygen atoms in total. The molecule has 0 aliphatic rings. The molecule has 1 aromatic carbocycles. The lowest BCUT2D eigenvalue weighted by Crippen LogP contribution is -1.89. The van der Waals surface area contributed by atoms with E-state index in [1.165, 1.54) is 12.1 Å². The highest BCUT2D eigenvalue weighted by Crippen LogP contribution is 2.27. The van der Waals surface area contributed by atoms with Crippen molar-refractivity contribution >= 4 is 15.9 Å². The van der Waals surface area contributed by atoms with Crippen LogP contribution in [0.1, 0.15) is 29.6 Å². The zero-order chi connectivity index (χ0) is 12.4. The van der Waals surface area contributed by atoms with E-state index in [1.54, 1.807) is 6.07 Å². The van der Waals surface area contributed by atoms with Crippen molar-refractivity contribution < 1.29 is 8.91 Å². The van der Waals surface area contributed by atoms with Crippen molar-refractivity contribution in [2.24, 2.45) is 0 Å². The summed E-state index contributed by atoms with van der Waals surface area (Å²) in [4.78, 5) is 4.35. The van der Waals surface area contributed by atoms with E-state index in [0.29, 0.717) is 11.7 Å². The van der Waals surface area contributed by atoms with Crippen LogP contribution >= 0.6 is 15.9 Å². The second-order valence-corrected chi connectivity index (χ2v) is 4.90. The average Bonchev–Trinajstić information content (AvgIpc) is 2.77. The molecule has 17 heavy (non-hydrogen) atoms. The molecule has 0 radical (unpaired) electrons. The normalized spacial score (nSPS) is 12.7. The highest BCUT2D eigenvalue weighted by molar-refractivity contribution is 9.09. The molecule has 0 aliphatic heterocycles. The summed E-state index contributed by atoms with van der Waals surface area (Å²) < 4.78 is 18.1. The molecule has 2 rings (SSSR count). The smallest absolute Gasteiger partial charge is 0.240 e. The summed E-state index contributed by atoms with van der Waals surface area (Å²) in [5.74, 6) is 0.781. The number of aryl methyl sites for hydroxylation is 1. The molecule has 1 unspecified atom stereocenters. The van der Waals surface area contributed by atoms with Crippen LogP contribution in [-0.2, 0) is 0 Å². The van der Waals surface area contributed by atoms with E-state index >= 15 is 0 Å². The van der Waals surface area contributed by atoms with Gasteiger partial charge in [0.2, 0.25) is 11.7 Å². The van der Waals surface area contributed by atoms with Crippen molar-refractivity contribution in [1.29, 1.82) is 0 Å². The second-order valence-electron chi connectivity index (χ2n) is 3.79. The van der Waals surface area contributed by atoms with Crippen molar-refractivity contribution in [3.63, 3.8) is 0 Å². The predicted molar refractivity (Wildman–Crippen MR) is 66.4 cm³/mol. The molecule has 0 N–H and O–H groups in total. The monoisotopic (exact) mass is 298 g/mol. The fraction of sp³-hybridized carbons (Fsp3) is 0.333. The fourth-order valence-corrected chi connectivity index (χ4v) is 1.71. The summed E-state index contributed by atoms with van der Waals surface area (Å²) in [5.41, 5.74) is 1.58. The highest BCUT2D eigenvalue weighted by Gasteiger charge is 2.16. The molecule has 0 fully saturated rings. The first-order valence-corrected chi connectivity index (χ1v) is 6.27. The molecule has 90 valence electrons. The maximum atomic E-state index is 13.0. The van der Waals surface area contributed by atoms with Gasteiger partial charge in [-0.2, -0.15) is 4.98 Å². The lowest BCUT2D eigenvalue weighted by molar-refractivity contribution is 0.377. The Morgan fingerprint density at radius 2 is 2.24 bits per heavy atom. The molecule has 1 heterocycles. The fourth-order valence-electron chi connectivity index (χ4n) is 1.52. The molecule has 0 spiro atoms. The topological polar surface area (TPSA) is 38.9 Å². The summed E-state index contributed by atoms with van der Waals surface area (Å²) in [6, 6.07) is 4.51. The van der Waals surface area contributed by atoms with Crippen molar-refractivity contribution in [3.8, 4) is 11.4 Å². The Morgan fingerprint density at radius 3 is 2.88 bits per heavy atom. The van der Waals surface area contributed by atoms with Crippen LogP contribution in [0.4, 0.5) is 4.39 Å². The van der Waals surface area contributed by atoms with Crippen molar-refractivity contribution in [2.45, 2.75) is 25.1 Å². The second kappa shape index (κ2) is 4.96. The standard InChI is InChI=1S/C12H12BrFN2O/c1-3-10(13)12-15-11(16-17-12)9-5-4-8(14)6-7(9)2/h4-6,10H,3H2,1-2H3. The molecule has 1 atom stereocenters. The predicted octanol–water partition coefficient (Wildman–Crippen LogP) is 4.03. The van der Waals surface area contributed by atoms with E-state index in [-0.39, 0.29) is 10.6 Å². The van der Waals surface area contributed by atoms with Crippen molar-refractivity contribution in [2.75, 3.05) is 0 Å². The molecule has 0 saturated carbocycles. The van der Waals surface area contributed by atoms with Gasteiger partial charge in [0, 0.05) is 5.56 Å². The van der Waals surface area contributed by atoms with Gasteiger partial charge < -0.3 is 4.52 Å². The van der Waals surface area contributed by atoms with Gasteiger partial charge in [-0.05, 0) is 37.1 Å². The van der Waals surface area contributed by atoms with E-state index in [2.05, 4.69) is 26.1 Å². The quantitative estimate of drug-likeness (QED) is 0.803. The van der Waals surface area contributed by atoms with Crippen LogP contribution < -0.4 is 0 Å². The van der Waals surface area contributed by atoms with E-state index in [9.17, 15) is 4.39 Å². The zero-order valence-corrected chi connectivity index (χ0v) is 11.2. The van der Waals surface area contributed by atoms with Crippen LogP contribution in [0.3, 0.4) is 0 Å². The average molecular weight is 299 g/mol. The molecule has 0 aliphatic carbocycles. The minimum absolute atomic E-state index is 0.0597. The Labute approximate surface area is 107 Å². The number of benzene rings is 1. The Balaban J connectivity index is 2.37. The SMILES string of the molecule is CCC(Br)c1nc(-c2ccc(F)cc2C)no1. The molecular weight excluding hydrogens is 287 g/mol. The van der Waals surface area contributed by atoms with Crippen molar-refractivity contribution in [3.05, 3.63) is 35.5 Å². The van der Waals surface area contributed by atoms with Gasteiger partial charge in [0.05, 0.1) is 4.83 Å². The van der Waals surface area contributed by atoms with Gasteiger partial charge in [-0.25, -0.2) is 4.39 Å². The molecule has 5 heteroatoms. The summed E-state index contributed by atoms with van der Waals surface area (Å²) in [6.07, 6.45) is 0.865. The van der Waals surface area contributed by atoms with Crippen LogP contribution in [0.15, 0.2) is 22.7 Å². The number of alkyl halides is 1. The Kier molecular flexibility index (Phi) is 3.57. The van der Waals surface area contributed by atoms with Crippen LogP contribution in [-0.4, -0.2) is 10.1 Å². The van der Waals surface area contributed by atoms with Gasteiger partial charge in [0.15, 0.2) is 0 Å². The van der Waals surface area contributed by atoms with E-state index in [4.69, 9.17) is 4.52 Å². The molecule has 0 bridgehead atoms. The minimum atomic E-state index is -0.262. The van der Waals surface area contributed by atoms with Crippen LogP contribution in [0.2, 0.25) is 0 Å². The van der Waals surface area contributed by atoms with Gasteiger partial charge in [-0.3, -0.25) is 0 Å². The highest BCUT2D eigenvalue weighted by atomic mass is 79.9. The van der Waals surface area contributed by atoms with Gasteiger partial charge >= 0.3 is 0 Å². The van der Waals surface area contributed by atoms with E-state index < -0.39 is 0 Å². The first-order chi connectivity index (χ1) is 8.11. The number of aromatic nitrogens is 2. The summed E-state index contributed by atoms with van der Waals surface area (Å²) in [5, 5.41) is 3.91. The Hall–Kier alpha value is -1.23. The first-order valence-electron chi connectivity index (χ1n) is 5.36. The van der Waals surface area contributed by atoms with Gasteiger partial charge in [-0.1, -0.05) is 28.0 Å². The zero-order valence-electron chi connectivity index (χ0n) is 9.58. The molecular formula is C12H12BrFN2O. The largest absolute Gasteiger partial charge is 0.338 e. The number of nitrogens with zero attached hydrogens (tertiary/aromatic N) is 2. The van der Waals surface area contributed by atoms with Gasteiger partial charge in [0.25, 0.3) is 0 Å². The number of hydrogen-bond donors (Lipinski definition) is 0. The molecule has 0 amide bonds. The molecule has 2 aromatic rings. The van der Waals surface area contributed by atoms with Crippen LogP contribution in [0, 0.1) is 12.7 Å². The Bertz CT molecular complexity index is 527. The van der Waals surface area contributed by atoms with Crippen LogP contribution in [0.5, 0.6) is 0 Å². The van der Waals surface area contributed by atoms with E-state index in [0.717, 1.165) is 17.5 Å². The molecule has 0 saturated heterocycles. The molecule has 1 aromatic heterocycles. The van der Waals surface area contributed by atoms with Crippen LogP contribution in [0.25, 0.3) is 11.4 Å². The summed E-state index contributed by atoms with van der Waals surface area (Å²) >= 11 is 3.44. The third kappa shape index (κ3) is 2.54. The van der Waals surface area contributed by atoms with Crippen molar-refractivity contribution in [1.82, 2.24) is 10.1 Å². The number of halogens is 2. The number of rotatable bonds is 3. The first kappa shape index (κ1) is 12.2. The summed E-state index contributed by atoms with van der Waals surface area (Å²) in [6.45, 7) is 3.84. The Morgan fingerprint density at radius 1 is 1.47 bits per heavy atom. The lowest BCUT2D eigenvalue weighted by atomic mass is 10.1. The van der Waals surface area contributed by atoms with Gasteiger partial charge in [0.1, 0.15) is 5.82 Å². The third-order valence-corrected chi connectivity index (χ3v) is 3.54. The van der Waals surface area contributed by atoms with E-state index in [1.807, 2.05) is 13.8 Å².